The van der Waals surface area contributed by atoms with Crippen LogP contribution in [0.4, 0.5) is 20.5 Å². The minimum Gasteiger partial charge on any atom is -0.390 e. The van der Waals surface area contributed by atoms with Crippen LogP contribution >= 0.6 is 0 Å². The topological polar surface area (TPSA) is 97.6 Å². The van der Waals surface area contributed by atoms with Crippen LogP contribution in [0.1, 0.15) is 57.6 Å². The van der Waals surface area contributed by atoms with Crippen LogP contribution in [0.25, 0.3) is 32.9 Å². The van der Waals surface area contributed by atoms with Gasteiger partial charge in [-0.25, -0.2) is 13.8 Å². The highest BCUT2D eigenvalue weighted by Crippen LogP contribution is 2.39. The van der Waals surface area contributed by atoms with E-state index in [0.29, 0.717) is 66.0 Å². The monoisotopic (exact) mass is 600 g/mol. The Labute approximate surface area is 256 Å². The van der Waals surface area contributed by atoms with Crippen LogP contribution in [-0.4, -0.2) is 70.0 Å². The van der Waals surface area contributed by atoms with Crippen molar-refractivity contribution in [2.24, 2.45) is 0 Å². The molecule has 0 unspecified atom stereocenters. The highest BCUT2D eigenvalue weighted by atomic mass is 19.1. The maximum atomic E-state index is 16.9. The Kier molecular flexibility index (Phi) is 7.68. The number of hydrogen-bond donors (Lipinski definition) is 3. The van der Waals surface area contributed by atoms with Crippen molar-refractivity contribution >= 4 is 33.4 Å². The smallest absolute Gasteiger partial charge is 0.228 e. The first-order valence-electron chi connectivity index (χ1n) is 15.1. The fraction of sp³-hybridized carbons (Fsp3) is 0.441. The van der Waals surface area contributed by atoms with Gasteiger partial charge in [0, 0.05) is 49.9 Å². The average Bonchev–Trinajstić information content (AvgIpc) is 3.49. The molecule has 0 bridgehead atoms. The Morgan fingerprint density at radius 3 is 2.61 bits per heavy atom. The van der Waals surface area contributed by atoms with E-state index in [2.05, 4.69) is 16.2 Å². The number of rotatable bonds is 6. The highest BCUT2D eigenvalue weighted by molar-refractivity contribution is 6.02. The van der Waals surface area contributed by atoms with Gasteiger partial charge in [-0.1, -0.05) is 12.0 Å². The fourth-order valence-corrected chi connectivity index (χ4v) is 6.29. The third-order valence-electron chi connectivity index (χ3n) is 8.97. The fourth-order valence-electron chi connectivity index (χ4n) is 6.29. The summed E-state index contributed by atoms with van der Waals surface area (Å²) in [6.45, 7) is 7.75. The minimum atomic E-state index is -1.27. The maximum absolute atomic E-state index is 16.9. The third kappa shape index (κ3) is 5.56. The summed E-state index contributed by atoms with van der Waals surface area (Å²) in [5, 5.41) is 26.3. The molecule has 2 fully saturated rings. The Morgan fingerprint density at radius 1 is 1.20 bits per heavy atom. The first kappa shape index (κ1) is 30.1. The first-order valence-corrected chi connectivity index (χ1v) is 15.1. The molecule has 2 aliphatic heterocycles. The van der Waals surface area contributed by atoms with Crippen LogP contribution < -0.4 is 15.1 Å². The molecule has 10 heteroatoms. The summed E-state index contributed by atoms with van der Waals surface area (Å²) < 4.78 is 31.9. The number of hydrogen-bond acceptors (Lipinski definition) is 8. The van der Waals surface area contributed by atoms with Gasteiger partial charge in [0.15, 0.2) is 5.82 Å². The second-order valence-electron chi connectivity index (χ2n) is 12.9. The largest absolute Gasteiger partial charge is 0.390 e. The van der Waals surface area contributed by atoms with Crippen molar-refractivity contribution in [2.45, 2.75) is 63.7 Å². The summed E-state index contributed by atoms with van der Waals surface area (Å²) >= 11 is 0. The number of aromatic nitrogens is 3. The van der Waals surface area contributed by atoms with Gasteiger partial charge in [0.1, 0.15) is 22.8 Å². The van der Waals surface area contributed by atoms with Gasteiger partial charge in [-0.05, 0) is 82.1 Å². The molecule has 3 N–H and O–H groups in total. The van der Waals surface area contributed by atoms with Gasteiger partial charge in [0.2, 0.25) is 5.95 Å². The third-order valence-corrected chi connectivity index (χ3v) is 8.97. The second kappa shape index (κ2) is 11.2. The average molecular weight is 601 g/mol. The van der Waals surface area contributed by atoms with E-state index >= 15 is 4.39 Å². The number of aliphatic hydroxyl groups is 2. The van der Waals surface area contributed by atoms with Gasteiger partial charge >= 0.3 is 0 Å². The summed E-state index contributed by atoms with van der Waals surface area (Å²) in [5.41, 5.74) is -1.24. The Morgan fingerprint density at radius 2 is 1.95 bits per heavy atom. The van der Waals surface area contributed by atoms with E-state index in [1.807, 2.05) is 23.8 Å². The summed E-state index contributed by atoms with van der Waals surface area (Å²) in [6.07, 6.45) is 10.5. The molecule has 0 spiro atoms. The molecule has 230 valence electrons. The number of likely N-dealkylation sites (N-methyl/N-ethyl adjacent to an activating group) is 1. The summed E-state index contributed by atoms with van der Waals surface area (Å²) in [6, 6.07) is 6.47. The van der Waals surface area contributed by atoms with Gasteiger partial charge in [0.25, 0.3) is 0 Å². The number of pyridine rings is 1. The Hall–Kier alpha value is -3.91. The molecule has 1 atom stereocenters. The van der Waals surface area contributed by atoms with Crippen LogP contribution in [0.3, 0.4) is 0 Å². The van der Waals surface area contributed by atoms with Crippen LogP contribution in [-0.2, 0) is 5.60 Å². The molecule has 44 heavy (non-hydrogen) atoms. The maximum Gasteiger partial charge on any atom is 0.228 e. The van der Waals surface area contributed by atoms with E-state index in [9.17, 15) is 14.6 Å². The number of nitrogens with one attached hydrogen (secondary N) is 1. The van der Waals surface area contributed by atoms with Crippen molar-refractivity contribution in [3.05, 3.63) is 53.2 Å². The van der Waals surface area contributed by atoms with E-state index in [1.54, 1.807) is 38.2 Å². The predicted octanol–water partition coefficient (Wildman–Crippen LogP) is 4.87. The van der Waals surface area contributed by atoms with E-state index in [1.165, 1.54) is 6.07 Å². The van der Waals surface area contributed by atoms with Crippen LogP contribution in [0.5, 0.6) is 0 Å². The van der Waals surface area contributed by atoms with E-state index in [4.69, 9.17) is 16.4 Å². The number of piperidine rings is 1. The summed E-state index contributed by atoms with van der Waals surface area (Å²) in [4.78, 5) is 18.2. The van der Waals surface area contributed by atoms with Crippen LogP contribution in [0.2, 0.25) is 0 Å². The van der Waals surface area contributed by atoms with Gasteiger partial charge in [-0.15, -0.1) is 6.42 Å². The number of halogens is 2. The summed E-state index contributed by atoms with van der Waals surface area (Å²) in [5.74, 6) is 2.06. The molecule has 4 heterocycles. The Bertz CT molecular complexity index is 1780. The zero-order valence-electron chi connectivity index (χ0n) is 25.6. The van der Waals surface area contributed by atoms with Crippen molar-refractivity contribution < 1.29 is 19.0 Å². The lowest BCUT2D eigenvalue weighted by Crippen LogP contribution is -2.43. The quantitative estimate of drug-likeness (QED) is 0.270. The minimum absolute atomic E-state index is 0.00525. The van der Waals surface area contributed by atoms with Gasteiger partial charge in [-0.2, -0.15) is 4.98 Å². The van der Waals surface area contributed by atoms with Gasteiger partial charge < -0.3 is 25.3 Å². The highest BCUT2D eigenvalue weighted by Gasteiger charge is 2.31. The molecule has 6 rings (SSSR count). The molecule has 2 aromatic carbocycles. The molecule has 4 aromatic rings. The lowest BCUT2D eigenvalue weighted by atomic mass is 9.89. The molecule has 2 aromatic heterocycles. The molecule has 8 nitrogen and oxygen atoms in total. The number of benzene rings is 2. The normalized spacial score (nSPS) is 18.6. The standard InChI is InChI=1S/C34H38F2N6O2/c1-6-23-26(35)10-9-20-16-21(33(2,3)43)17-24(27(20)23)29-28(36)30-25(18-38-29)31(41(5)19-22-8-7-13-37-22)40-32(39-30)42-14-11-34(4,44)12-15-42/h1,9-10,16-18,22,37,43-44H,7-8,11-15,19H2,2-5H3/t22-/m0/s1. The number of terminal acetylenes is 1. The summed E-state index contributed by atoms with van der Waals surface area (Å²) in [7, 11) is 1.93. The SMILES string of the molecule is C#Cc1c(F)ccc2cc(C(C)(C)O)cc(-c3ncc4c(N(C)C[C@@H]5CCCN5)nc(N5CCC(C)(O)CC5)nc4c3F)c12. The van der Waals surface area contributed by atoms with Crippen molar-refractivity contribution in [2.75, 3.05) is 43.0 Å². The zero-order chi connectivity index (χ0) is 31.4. The lowest BCUT2D eigenvalue weighted by molar-refractivity contribution is 0.0349. The molecule has 0 saturated carbocycles. The van der Waals surface area contributed by atoms with Crippen molar-refractivity contribution in [3.63, 3.8) is 0 Å². The Balaban J connectivity index is 1.58. The number of nitrogens with zero attached hydrogens (tertiary/aromatic N) is 5. The van der Waals surface area contributed by atoms with E-state index < -0.39 is 22.8 Å². The first-order chi connectivity index (χ1) is 20.9. The van der Waals surface area contributed by atoms with Crippen molar-refractivity contribution in [3.8, 4) is 23.6 Å². The van der Waals surface area contributed by atoms with Gasteiger partial charge in [-0.3, -0.25) is 4.98 Å². The lowest BCUT2D eigenvalue weighted by Gasteiger charge is -2.36. The zero-order valence-corrected chi connectivity index (χ0v) is 25.6. The molecular weight excluding hydrogens is 562 g/mol. The molecule has 0 aliphatic carbocycles. The van der Waals surface area contributed by atoms with Crippen molar-refractivity contribution in [1.29, 1.82) is 0 Å². The van der Waals surface area contributed by atoms with E-state index in [-0.39, 0.29) is 28.4 Å². The molecule has 0 amide bonds. The van der Waals surface area contributed by atoms with E-state index in [0.717, 1.165) is 19.4 Å². The van der Waals surface area contributed by atoms with Crippen LogP contribution in [0, 0.1) is 24.0 Å². The van der Waals surface area contributed by atoms with Gasteiger partial charge in [0.05, 0.1) is 22.2 Å². The molecule has 0 radical (unpaired) electrons. The predicted molar refractivity (Wildman–Crippen MR) is 170 cm³/mol. The van der Waals surface area contributed by atoms with Crippen molar-refractivity contribution in [1.82, 2.24) is 20.3 Å². The molecule has 2 aliphatic rings. The number of fused-ring (bicyclic) bond motifs is 2. The second-order valence-corrected chi connectivity index (χ2v) is 12.9. The number of anilines is 2. The molecule has 2 saturated heterocycles. The molecular formula is C34H38F2N6O2. The van der Waals surface area contributed by atoms with Crippen LogP contribution in [0.15, 0.2) is 30.5 Å².